The average Bonchev–Trinajstić information content (AvgIpc) is 2.67. The first-order chi connectivity index (χ1) is 6.61. The smallest absolute Gasteiger partial charge is 0.313 e. The van der Waals surface area contributed by atoms with Gasteiger partial charge in [-0.3, -0.25) is 9.59 Å². The van der Waals surface area contributed by atoms with E-state index in [4.69, 9.17) is 15.2 Å². The molecule has 6 atom stereocenters. The molecule has 3 heterocycles. The number of hydrogen-bond acceptors (Lipinski definition) is 5. The summed E-state index contributed by atoms with van der Waals surface area (Å²) in [6, 6.07) is 0. The van der Waals surface area contributed by atoms with E-state index in [1.54, 1.807) is 0 Å². The van der Waals surface area contributed by atoms with Gasteiger partial charge in [-0.25, -0.2) is 0 Å². The van der Waals surface area contributed by atoms with Crippen LogP contribution in [-0.2, 0) is 19.1 Å². The zero-order chi connectivity index (χ0) is 10.0. The molecule has 0 aromatic carbocycles. The second-order valence-corrected chi connectivity index (χ2v) is 3.91. The fourth-order valence-electron chi connectivity index (χ4n) is 2.68. The van der Waals surface area contributed by atoms with Crippen LogP contribution in [0.1, 0.15) is 0 Å². The van der Waals surface area contributed by atoms with E-state index in [1.165, 1.54) is 0 Å². The maximum Gasteiger partial charge on any atom is 0.313 e. The summed E-state index contributed by atoms with van der Waals surface area (Å²) in [4.78, 5) is 22.4. The Bertz CT molecular complexity index is 330. The van der Waals surface area contributed by atoms with Gasteiger partial charge in [-0.15, -0.1) is 0 Å². The molecule has 0 unspecified atom stereocenters. The van der Waals surface area contributed by atoms with Crippen molar-refractivity contribution in [1.29, 1.82) is 0 Å². The van der Waals surface area contributed by atoms with Gasteiger partial charge in [0.05, 0.1) is 5.92 Å². The lowest BCUT2D eigenvalue weighted by Gasteiger charge is -2.22. The zero-order valence-corrected chi connectivity index (χ0v) is 7.12. The molecule has 0 aliphatic carbocycles. The highest BCUT2D eigenvalue weighted by molar-refractivity contribution is 5.88. The molecule has 3 rings (SSSR count). The molecule has 3 fully saturated rings. The van der Waals surface area contributed by atoms with Gasteiger partial charge in [0.1, 0.15) is 24.2 Å². The molecule has 0 aromatic rings. The van der Waals surface area contributed by atoms with Gasteiger partial charge in [0, 0.05) is 0 Å². The number of hydrogen-bond donors (Lipinski definition) is 2. The van der Waals surface area contributed by atoms with Crippen LogP contribution in [0.4, 0.5) is 0 Å². The number of aliphatic hydroxyl groups is 1. The second-order valence-electron chi connectivity index (χ2n) is 3.91. The molecule has 0 radical (unpaired) electrons. The van der Waals surface area contributed by atoms with Crippen molar-refractivity contribution >= 4 is 11.9 Å². The first-order valence-corrected chi connectivity index (χ1v) is 4.44. The van der Waals surface area contributed by atoms with Gasteiger partial charge in [-0.05, 0) is 0 Å². The molecular weight excluding hydrogens is 190 g/mol. The van der Waals surface area contributed by atoms with E-state index in [0.29, 0.717) is 0 Å². The van der Waals surface area contributed by atoms with Crippen molar-refractivity contribution in [2.45, 2.75) is 24.4 Å². The third-order valence-corrected chi connectivity index (χ3v) is 3.26. The minimum atomic E-state index is -0.916. The quantitative estimate of drug-likeness (QED) is 0.466. The van der Waals surface area contributed by atoms with Crippen LogP contribution in [0.15, 0.2) is 0 Å². The van der Waals surface area contributed by atoms with Crippen LogP contribution in [0, 0.1) is 11.8 Å². The lowest BCUT2D eigenvalue weighted by molar-refractivity contribution is -0.146. The van der Waals surface area contributed by atoms with Crippen LogP contribution in [0.25, 0.3) is 0 Å². The van der Waals surface area contributed by atoms with Gasteiger partial charge in [0.25, 0.3) is 0 Å². The molecule has 3 saturated heterocycles. The molecular formula is C8H9NO5. The Labute approximate surface area is 79.0 Å². The predicted molar refractivity (Wildman–Crippen MR) is 40.7 cm³/mol. The summed E-state index contributed by atoms with van der Waals surface area (Å²) in [5, 5.41) is 9.63. The van der Waals surface area contributed by atoms with Crippen molar-refractivity contribution in [2.24, 2.45) is 17.6 Å². The number of rotatable bonds is 1. The number of primary amides is 1. The van der Waals surface area contributed by atoms with Crippen LogP contribution in [-0.4, -0.2) is 41.4 Å². The van der Waals surface area contributed by atoms with Gasteiger partial charge in [-0.1, -0.05) is 0 Å². The Morgan fingerprint density at radius 3 is 2.71 bits per heavy atom. The second kappa shape index (κ2) is 2.26. The van der Waals surface area contributed by atoms with Gasteiger partial charge in [0.15, 0.2) is 6.10 Å². The summed E-state index contributed by atoms with van der Waals surface area (Å²) in [5.41, 5.74) is 5.16. The minimum absolute atomic E-state index is 0.483. The van der Waals surface area contributed by atoms with Crippen LogP contribution in [0.3, 0.4) is 0 Å². The van der Waals surface area contributed by atoms with E-state index in [2.05, 4.69) is 0 Å². The Kier molecular flexibility index (Phi) is 1.32. The largest absolute Gasteiger partial charge is 0.456 e. The molecule has 3 aliphatic heterocycles. The third-order valence-electron chi connectivity index (χ3n) is 3.26. The van der Waals surface area contributed by atoms with Crippen LogP contribution in [0.2, 0.25) is 0 Å². The maximum absolute atomic E-state index is 11.3. The molecule has 76 valence electrons. The van der Waals surface area contributed by atoms with Gasteiger partial charge < -0.3 is 20.3 Å². The van der Waals surface area contributed by atoms with E-state index < -0.39 is 48.1 Å². The fourth-order valence-corrected chi connectivity index (χ4v) is 2.68. The lowest BCUT2D eigenvalue weighted by Crippen LogP contribution is -2.47. The first-order valence-electron chi connectivity index (χ1n) is 4.44. The number of nitrogens with two attached hydrogens (primary N) is 1. The monoisotopic (exact) mass is 199 g/mol. The highest BCUT2D eigenvalue weighted by Crippen LogP contribution is 2.49. The highest BCUT2D eigenvalue weighted by atomic mass is 16.6. The number of esters is 1. The molecule has 3 aliphatic rings. The number of carbonyl (C=O) groups is 2. The first kappa shape index (κ1) is 8.19. The van der Waals surface area contributed by atoms with E-state index in [9.17, 15) is 14.7 Å². The predicted octanol–water partition coefficient (Wildman–Crippen LogP) is -2.23. The molecule has 6 nitrogen and oxygen atoms in total. The SMILES string of the molecule is NC(=O)[C@@H]1[C@@H]2O[C@H]3[C@H](OC(=O)[C@H]31)[C@H]2O. The van der Waals surface area contributed by atoms with Gasteiger partial charge in [-0.2, -0.15) is 0 Å². The lowest BCUT2D eigenvalue weighted by atomic mass is 9.78. The summed E-state index contributed by atoms with van der Waals surface area (Å²) >= 11 is 0. The normalized spacial score (nSPS) is 53.6. The summed E-state index contributed by atoms with van der Waals surface area (Å²) in [7, 11) is 0. The number of ether oxygens (including phenoxy) is 2. The molecule has 0 aromatic heterocycles. The Balaban J connectivity index is 2.04. The highest BCUT2D eigenvalue weighted by Gasteiger charge is 2.69. The fraction of sp³-hybridized carbons (Fsp3) is 0.750. The Hall–Kier alpha value is -1.14. The summed E-state index contributed by atoms with van der Waals surface area (Å²) in [5.74, 6) is -2.44. The standard InChI is InChI=1S/C8H9NO5/c9-7(11)1-2-5-6(14-8(2)12)3(10)4(1)13-5/h1-6,10H,(H2,9,11)/t1-,2-,3-,4-,5+,6+/m0/s1. The number of amides is 1. The summed E-state index contributed by atoms with van der Waals surface area (Å²) < 4.78 is 10.2. The summed E-state index contributed by atoms with van der Waals surface area (Å²) in [6.45, 7) is 0. The molecule has 14 heavy (non-hydrogen) atoms. The molecule has 2 bridgehead atoms. The van der Waals surface area contributed by atoms with Crippen molar-refractivity contribution < 1.29 is 24.2 Å². The van der Waals surface area contributed by atoms with Crippen molar-refractivity contribution in [2.75, 3.05) is 0 Å². The average molecular weight is 199 g/mol. The minimum Gasteiger partial charge on any atom is -0.456 e. The molecule has 6 heteroatoms. The van der Waals surface area contributed by atoms with Crippen molar-refractivity contribution in [3.05, 3.63) is 0 Å². The molecule has 1 amide bonds. The zero-order valence-electron chi connectivity index (χ0n) is 7.12. The molecule has 3 N–H and O–H groups in total. The van der Waals surface area contributed by atoms with E-state index >= 15 is 0 Å². The summed E-state index contributed by atoms with van der Waals surface area (Å²) in [6.07, 6.45) is -2.67. The van der Waals surface area contributed by atoms with Crippen molar-refractivity contribution in [1.82, 2.24) is 0 Å². The van der Waals surface area contributed by atoms with Crippen molar-refractivity contribution in [3.63, 3.8) is 0 Å². The van der Waals surface area contributed by atoms with Crippen LogP contribution < -0.4 is 5.73 Å². The van der Waals surface area contributed by atoms with Crippen LogP contribution >= 0.6 is 0 Å². The topological polar surface area (TPSA) is 98.9 Å². The number of aliphatic hydroxyl groups excluding tert-OH is 1. The van der Waals surface area contributed by atoms with E-state index in [1.807, 2.05) is 0 Å². The van der Waals surface area contributed by atoms with Crippen LogP contribution in [0.5, 0.6) is 0 Å². The maximum atomic E-state index is 11.3. The molecule has 0 saturated carbocycles. The molecule has 0 spiro atoms. The van der Waals surface area contributed by atoms with Crippen molar-refractivity contribution in [3.8, 4) is 0 Å². The van der Waals surface area contributed by atoms with E-state index in [0.717, 1.165) is 0 Å². The Morgan fingerprint density at radius 2 is 2.07 bits per heavy atom. The Morgan fingerprint density at radius 1 is 1.36 bits per heavy atom. The third kappa shape index (κ3) is 0.699. The van der Waals surface area contributed by atoms with E-state index in [-0.39, 0.29) is 0 Å². The number of carbonyl (C=O) groups excluding carboxylic acids is 2. The van der Waals surface area contributed by atoms with Gasteiger partial charge >= 0.3 is 5.97 Å². The van der Waals surface area contributed by atoms with Gasteiger partial charge in [0.2, 0.25) is 5.91 Å². The number of fused-ring (bicyclic) bond motifs is 1.